The molecule has 0 aliphatic heterocycles. The topological polar surface area (TPSA) is 55.4 Å². The monoisotopic (exact) mass is 201 g/mol. The number of carbonyl (C=O) groups excluding carboxylic acids is 2. The van der Waals surface area contributed by atoms with Crippen molar-refractivity contribution in [2.75, 3.05) is 20.3 Å². The number of hydrogen-bond donors (Lipinski definition) is 1. The summed E-state index contributed by atoms with van der Waals surface area (Å²) in [5.41, 5.74) is 0. The number of methoxy groups -OCH3 is 1. The Morgan fingerprint density at radius 3 is 2.50 bits per heavy atom. The first-order chi connectivity index (χ1) is 6.57. The van der Waals surface area contributed by atoms with Gasteiger partial charge >= 0.3 is 0 Å². The van der Waals surface area contributed by atoms with E-state index in [9.17, 15) is 9.59 Å². The molecular formula is C10H19NO3. The molecule has 0 saturated heterocycles. The maximum Gasteiger partial charge on any atom is 0.220 e. The average molecular weight is 201 g/mol. The lowest BCUT2D eigenvalue weighted by molar-refractivity contribution is -0.126. The van der Waals surface area contributed by atoms with Crippen LogP contribution in [0.5, 0.6) is 0 Å². The van der Waals surface area contributed by atoms with Crippen molar-refractivity contribution in [1.82, 2.24) is 5.32 Å². The number of ketones is 1. The molecule has 1 amide bonds. The lowest BCUT2D eigenvalue weighted by Crippen LogP contribution is -2.31. The average Bonchev–Trinajstić information content (AvgIpc) is 2.14. The summed E-state index contributed by atoms with van der Waals surface area (Å²) < 4.78 is 4.81. The van der Waals surface area contributed by atoms with Gasteiger partial charge in [0.05, 0.1) is 6.54 Å². The van der Waals surface area contributed by atoms with Crippen LogP contribution in [0.3, 0.4) is 0 Å². The summed E-state index contributed by atoms with van der Waals surface area (Å²) >= 11 is 0. The van der Waals surface area contributed by atoms with E-state index in [4.69, 9.17) is 4.74 Å². The molecule has 0 rings (SSSR count). The van der Waals surface area contributed by atoms with Gasteiger partial charge in [-0.1, -0.05) is 13.8 Å². The lowest BCUT2D eigenvalue weighted by atomic mass is 10.1. The number of hydrogen-bond acceptors (Lipinski definition) is 3. The third-order valence-electron chi connectivity index (χ3n) is 1.86. The highest BCUT2D eigenvalue weighted by atomic mass is 16.5. The van der Waals surface area contributed by atoms with Crippen LogP contribution >= 0.6 is 0 Å². The molecule has 0 heterocycles. The SMILES string of the molecule is COCCCC(=O)NCC(=O)C(C)C. The highest BCUT2D eigenvalue weighted by Crippen LogP contribution is 1.93. The Kier molecular flexibility index (Phi) is 7.02. The van der Waals surface area contributed by atoms with Gasteiger partial charge in [0.15, 0.2) is 5.78 Å². The largest absolute Gasteiger partial charge is 0.385 e. The van der Waals surface area contributed by atoms with Crippen LogP contribution in [-0.4, -0.2) is 32.0 Å². The number of rotatable bonds is 7. The van der Waals surface area contributed by atoms with Crippen molar-refractivity contribution in [2.45, 2.75) is 26.7 Å². The Balaban J connectivity index is 3.49. The van der Waals surface area contributed by atoms with Crippen LogP contribution in [0.4, 0.5) is 0 Å². The summed E-state index contributed by atoms with van der Waals surface area (Å²) in [5.74, 6) is -0.0459. The minimum absolute atomic E-state index is 0.0192. The van der Waals surface area contributed by atoms with Gasteiger partial charge in [-0.05, 0) is 6.42 Å². The second-order valence-electron chi connectivity index (χ2n) is 3.49. The normalized spacial score (nSPS) is 10.3. The first-order valence-electron chi connectivity index (χ1n) is 4.86. The molecule has 0 radical (unpaired) electrons. The van der Waals surface area contributed by atoms with Crippen LogP contribution in [0.15, 0.2) is 0 Å². The van der Waals surface area contributed by atoms with E-state index in [1.165, 1.54) is 0 Å². The smallest absolute Gasteiger partial charge is 0.220 e. The van der Waals surface area contributed by atoms with Gasteiger partial charge in [0.2, 0.25) is 5.91 Å². The van der Waals surface area contributed by atoms with Crippen LogP contribution in [0, 0.1) is 5.92 Å². The molecule has 0 aromatic heterocycles. The van der Waals surface area contributed by atoms with Crippen molar-refractivity contribution in [3.63, 3.8) is 0 Å². The van der Waals surface area contributed by atoms with Crippen molar-refractivity contribution in [1.29, 1.82) is 0 Å². The van der Waals surface area contributed by atoms with Gasteiger partial charge in [0, 0.05) is 26.1 Å². The van der Waals surface area contributed by atoms with E-state index < -0.39 is 0 Å². The Morgan fingerprint density at radius 2 is 2.00 bits per heavy atom. The molecule has 0 unspecified atom stereocenters. The maximum atomic E-state index is 11.1. The van der Waals surface area contributed by atoms with Crippen LogP contribution in [0.2, 0.25) is 0 Å². The number of nitrogens with one attached hydrogen (secondary N) is 1. The minimum atomic E-state index is -0.0870. The Morgan fingerprint density at radius 1 is 1.36 bits per heavy atom. The minimum Gasteiger partial charge on any atom is -0.385 e. The van der Waals surface area contributed by atoms with Crippen LogP contribution in [0.1, 0.15) is 26.7 Å². The molecule has 0 bridgehead atoms. The zero-order chi connectivity index (χ0) is 11.0. The van der Waals surface area contributed by atoms with E-state index in [0.717, 1.165) is 0 Å². The standard InChI is InChI=1S/C10H19NO3/c1-8(2)9(12)7-11-10(13)5-4-6-14-3/h8H,4-7H2,1-3H3,(H,11,13). The van der Waals surface area contributed by atoms with Crippen molar-refractivity contribution in [3.05, 3.63) is 0 Å². The van der Waals surface area contributed by atoms with Gasteiger partial charge < -0.3 is 10.1 Å². The number of ether oxygens (including phenoxy) is 1. The summed E-state index contributed by atoms with van der Waals surface area (Å²) in [7, 11) is 1.60. The Bertz CT molecular complexity index is 190. The maximum absolute atomic E-state index is 11.1. The van der Waals surface area contributed by atoms with Gasteiger partial charge in [-0.15, -0.1) is 0 Å². The molecule has 0 fully saturated rings. The van der Waals surface area contributed by atoms with E-state index >= 15 is 0 Å². The summed E-state index contributed by atoms with van der Waals surface area (Å²) in [6.07, 6.45) is 1.11. The highest BCUT2D eigenvalue weighted by molar-refractivity contribution is 5.87. The molecule has 0 aliphatic carbocycles. The number of amides is 1. The second-order valence-corrected chi connectivity index (χ2v) is 3.49. The number of Topliss-reactive ketones (excluding diaryl/α,β-unsaturated/α-hetero) is 1. The third kappa shape index (κ3) is 6.60. The summed E-state index contributed by atoms with van der Waals surface area (Å²) in [5, 5.41) is 2.58. The Labute approximate surface area is 85.0 Å². The van der Waals surface area contributed by atoms with Crippen molar-refractivity contribution >= 4 is 11.7 Å². The first kappa shape index (κ1) is 13.1. The molecule has 0 atom stereocenters. The molecule has 0 aliphatic rings. The second kappa shape index (κ2) is 7.50. The van der Waals surface area contributed by atoms with Crippen molar-refractivity contribution in [2.24, 2.45) is 5.92 Å². The Hall–Kier alpha value is -0.900. The van der Waals surface area contributed by atoms with Gasteiger partial charge in [-0.2, -0.15) is 0 Å². The fourth-order valence-corrected chi connectivity index (χ4v) is 0.855. The molecule has 4 nitrogen and oxygen atoms in total. The number of carbonyl (C=O) groups is 2. The quantitative estimate of drug-likeness (QED) is 0.618. The van der Waals surface area contributed by atoms with Gasteiger partial charge in [-0.25, -0.2) is 0 Å². The fourth-order valence-electron chi connectivity index (χ4n) is 0.855. The van der Waals surface area contributed by atoms with E-state index in [1.807, 2.05) is 13.8 Å². The molecule has 0 aromatic rings. The van der Waals surface area contributed by atoms with E-state index in [0.29, 0.717) is 19.4 Å². The molecule has 4 heteroatoms. The van der Waals surface area contributed by atoms with Crippen LogP contribution in [0.25, 0.3) is 0 Å². The fraction of sp³-hybridized carbons (Fsp3) is 0.800. The lowest BCUT2D eigenvalue weighted by Gasteiger charge is -2.06. The zero-order valence-electron chi connectivity index (χ0n) is 9.13. The molecule has 1 N–H and O–H groups in total. The summed E-state index contributed by atoms with van der Waals surface area (Å²) in [6, 6.07) is 0. The van der Waals surface area contributed by atoms with E-state index in [-0.39, 0.29) is 24.2 Å². The van der Waals surface area contributed by atoms with E-state index in [1.54, 1.807) is 7.11 Å². The highest BCUT2D eigenvalue weighted by Gasteiger charge is 2.08. The molecule has 14 heavy (non-hydrogen) atoms. The van der Waals surface area contributed by atoms with Crippen molar-refractivity contribution < 1.29 is 14.3 Å². The molecule has 0 aromatic carbocycles. The predicted octanol–water partition coefficient (Wildman–Crippen LogP) is 0.754. The van der Waals surface area contributed by atoms with Crippen LogP contribution < -0.4 is 5.32 Å². The summed E-state index contributed by atoms with van der Waals surface area (Å²) in [6.45, 7) is 4.36. The zero-order valence-corrected chi connectivity index (χ0v) is 9.13. The third-order valence-corrected chi connectivity index (χ3v) is 1.86. The van der Waals surface area contributed by atoms with Gasteiger partial charge in [0.25, 0.3) is 0 Å². The van der Waals surface area contributed by atoms with Crippen LogP contribution in [-0.2, 0) is 14.3 Å². The molecule has 0 saturated carbocycles. The molecule has 82 valence electrons. The van der Waals surface area contributed by atoms with E-state index in [2.05, 4.69) is 5.32 Å². The first-order valence-corrected chi connectivity index (χ1v) is 4.86. The van der Waals surface area contributed by atoms with Gasteiger partial charge in [-0.3, -0.25) is 9.59 Å². The summed E-state index contributed by atoms with van der Waals surface area (Å²) in [4.78, 5) is 22.3. The predicted molar refractivity (Wildman–Crippen MR) is 54.0 cm³/mol. The van der Waals surface area contributed by atoms with Gasteiger partial charge in [0.1, 0.15) is 0 Å². The molecular weight excluding hydrogens is 182 g/mol. The molecule has 0 spiro atoms. The van der Waals surface area contributed by atoms with Crippen molar-refractivity contribution in [3.8, 4) is 0 Å².